The van der Waals surface area contributed by atoms with E-state index in [0.717, 1.165) is 38.9 Å². The van der Waals surface area contributed by atoms with Crippen LogP contribution in [-0.2, 0) is 0 Å². The minimum Gasteiger partial charge on any atom is -0.375 e. The van der Waals surface area contributed by atoms with Gasteiger partial charge in [0.15, 0.2) is 5.13 Å². The van der Waals surface area contributed by atoms with Crippen LogP contribution in [0.25, 0.3) is 20.5 Å². The lowest BCUT2D eigenvalue weighted by Crippen LogP contribution is -2.45. The molecule has 6 rings (SSSR count). The molecule has 2 fully saturated rings. The monoisotopic (exact) mass is 489 g/mol. The Kier molecular flexibility index (Phi) is 5.11. The molecule has 34 heavy (non-hydrogen) atoms. The predicted octanol–water partition coefficient (Wildman–Crippen LogP) is 4.34. The topological polar surface area (TPSA) is 101 Å². The SMILES string of the molecule is Cc1cccc(-c2sc(N)nc2C(=O)N2[C@H](CNC(=O)c3nsc4ccccc34)C[C@@H]3C[C@@H]32)c1. The number of nitrogens with two attached hydrogens (primary N) is 1. The van der Waals surface area contributed by atoms with Crippen LogP contribution in [0.5, 0.6) is 0 Å². The number of aromatic nitrogens is 2. The molecule has 0 bridgehead atoms. The van der Waals surface area contributed by atoms with E-state index in [-0.39, 0.29) is 23.9 Å². The minimum absolute atomic E-state index is 0.0709. The lowest BCUT2D eigenvalue weighted by atomic mass is 10.1. The van der Waals surface area contributed by atoms with E-state index in [1.165, 1.54) is 22.9 Å². The highest BCUT2D eigenvalue weighted by molar-refractivity contribution is 7.19. The number of hydrogen-bond donors (Lipinski definition) is 2. The number of amides is 2. The lowest BCUT2D eigenvalue weighted by molar-refractivity contribution is 0.0684. The summed E-state index contributed by atoms with van der Waals surface area (Å²) in [4.78, 5) is 33.8. The largest absolute Gasteiger partial charge is 0.375 e. The molecule has 3 N–H and O–H groups in total. The van der Waals surface area contributed by atoms with Crippen LogP contribution in [0, 0.1) is 12.8 Å². The fourth-order valence-corrected chi connectivity index (χ4v) is 6.58. The normalized spacial score (nSPS) is 21.0. The third-order valence-corrected chi connectivity index (χ3v) is 8.42. The summed E-state index contributed by atoms with van der Waals surface area (Å²) in [6.45, 7) is 2.41. The Labute approximate surface area is 204 Å². The molecule has 0 radical (unpaired) electrons. The van der Waals surface area contributed by atoms with E-state index in [2.05, 4.69) is 14.7 Å². The zero-order valence-corrected chi connectivity index (χ0v) is 20.2. The molecular weight excluding hydrogens is 466 g/mol. The van der Waals surface area contributed by atoms with E-state index in [4.69, 9.17) is 5.73 Å². The van der Waals surface area contributed by atoms with Crippen molar-refractivity contribution in [1.29, 1.82) is 0 Å². The van der Waals surface area contributed by atoms with E-state index < -0.39 is 0 Å². The van der Waals surface area contributed by atoms with Crippen molar-refractivity contribution in [2.75, 3.05) is 12.3 Å². The van der Waals surface area contributed by atoms with Crippen molar-refractivity contribution < 1.29 is 9.59 Å². The van der Waals surface area contributed by atoms with Gasteiger partial charge in [0, 0.05) is 18.0 Å². The van der Waals surface area contributed by atoms with Gasteiger partial charge >= 0.3 is 0 Å². The Balaban J connectivity index is 1.23. The van der Waals surface area contributed by atoms with Crippen LogP contribution in [-0.4, -0.2) is 44.7 Å². The predicted molar refractivity (Wildman–Crippen MR) is 135 cm³/mol. The van der Waals surface area contributed by atoms with Crippen LogP contribution >= 0.6 is 22.9 Å². The standard InChI is InChI=1S/C25H23N5O2S2/c1-13-5-4-6-14(9-13)22-21(28-25(26)33-22)24(32)30-16(10-15-11-18(15)30)12-27-23(31)20-17-7-2-3-8-19(17)34-29-20/h2-9,15-16,18H,10-12H2,1H3,(H2,26,28)(H,27,31)/t15-,16+,18+/m1/s1. The number of fused-ring (bicyclic) bond motifs is 2. The third kappa shape index (κ3) is 3.65. The summed E-state index contributed by atoms with van der Waals surface area (Å²) in [6, 6.07) is 15.9. The highest BCUT2D eigenvalue weighted by Gasteiger charge is 2.54. The van der Waals surface area contributed by atoms with Crippen molar-refractivity contribution in [3.63, 3.8) is 0 Å². The van der Waals surface area contributed by atoms with Crippen molar-refractivity contribution in [1.82, 2.24) is 19.6 Å². The Morgan fingerprint density at radius 3 is 2.85 bits per heavy atom. The van der Waals surface area contributed by atoms with Crippen LogP contribution < -0.4 is 11.1 Å². The maximum atomic E-state index is 13.7. The summed E-state index contributed by atoms with van der Waals surface area (Å²) in [7, 11) is 0. The van der Waals surface area contributed by atoms with Crippen LogP contribution in [0.2, 0.25) is 0 Å². The molecule has 1 aliphatic carbocycles. The fraction of sp³-hybridized carbons (Fsp3) is 0.280. The number of nitrogens with one attached hydrogen (secondary N) is 1. The summed E-state index contributed by atoms with van der Waals surface area (Å²) < 4.78 is 5.33. The zero-order valence-electron chi connectivity index (χ0n) is 18.5. The van der Waals surface area contributed by atoms with E-state index in [0.29, 0.717) is 29.0 Å². The summed E-state index contributed by atoms with van der Waals surface area (Å²) in [5.41, 5.74) is 8.95. The van der Waals surface area contributed by atoms with Crippen LogP contribution in [0.4, 0.5) is 5.13 Å². The Morgan fingerprint density at radius 1 is 1.15 bits per heavy atom. The summed E-state index contributed by atoms with van der Waals surface area (Å²) in [5, 5.41) is 4.26. The van der Waals surface area contributed by atoms with Crippen molar-refractivity contribution in [2.45, 2.75) is 31.8 Å². The molecule has 172 valence electrons. The van der Waals surface area contributed by atoms with Gasteiger partial charge in [0.1, 0.15) is 11.4 Å². The maximum Gasteiger partial charge on any atom is 0.274 e. The second-order valence-electron chi connectivity index (χ2n) is 9.00. The molecule has 7 nitrogen and oxygen atoms in total. The van der Waals surface area contributed by atoms with Crippen molar-refractivity contribution >= 4 is 49.9 Å². The average molecular weight is 490 g/mol. The van der Waals surface area contributed by atoms with Crippen molar-refractivity contribution in [2.24, 2.45) is 5.92 Å². The molecule has 9 heteroatoms. The van der Waals surface area contributed by atoms with Gasteiger partial charge in [-0.2, -0.15) is 4.37 Å². The van der Waals surface area contributed by atoms with Gasteiger partial charge in [-0.25, -0.2) is 4.98 Å². The number of piperidine rings is 1. The van der Waals surface area contributed by atoms with Gasteiger partial charge in [-0.1, -0.05) is 59.4 Å². The van der Waals surface area contributed by atoms with Gasteiger partial charge in [-0.05, 0) is 48.8 Å². The van der Waals surface area contributed by atoms with Gasteiger partial charge in [0.25, 0.3) is 11.8 Å². The lowest BCUT2D eigenvalue weighted by Gasteiger charge is -2.27. The molecule has 0 unspecified atom stereocenters. The number of anilines is 1. The quantitative estimate of drug-likeness (QED) is 0.434. The minimum atomic E-state index is -0.205. The molecule has 2 aromatic heterocycles. The molecule has 0 spiro atoms. The number of rotatable bonds is 5. The number of likely N-dealkylation sites (tertiary alicyclic amines) is 1. The number of thiazole rings is 1. The van der Waals surface area contributed by atoms with Gasteiger partial charge in [0.2, 0.25) is 0 Å². The molecule has 1 saturated heterocycles. The number of nitrogens with zero attached hydrogens (tertiary/aromatic N) is 3. The molecule has 3 atom stereocenters. The Morgan fingerprint density at radius 2 is 2.00 bits per heavy atom. The molecular formula is C25H23N5O2S2. The molecule has 2 aliphatic rings. The highest BCUT2D eigenvalue weighted by Crippen LogP contribution is 2.49. The Hall–Kier alpha value is -3.30. The number of hydrogen-bond acceptors (Lipinski definition) is 7. The highest BCUT2D eigenvalue weighted by atomic mass is 32.1. The number of nitrogen functional groups attached to an aromatic ring is 1. The molecule has 4 aromatic rings. The van der Waals surface area contributed by atoms with Gasteiger partial charge in [-0.3, -0.25) is 9.59 Å². The number of benzene rings is 2. The molecule has 2 aromatic carbocycles. The van der Waals surface area contributed by atoms with Crippen molar-refractivity contribution in [3.05, 3.63) is 65.5 Å². The molecule has 3 heterocycles. The van der Waals surface area contributed by atoms with E-state index in [1.807, 2.05) is 60.4 Å². The number of aryl methyl sites for hydroxylation is 1. The van der Waals surface area contributed by atoms with E-state index >= 15 is 0 Å². The molecule has 2 amide bonds. The first-order valence-corrected chi connectivity index (χ1v) is 12.9. The molecule has 1 saturated carbocycles. The number of carbonyl (C=O) groups is 2. The summed E-state index contributed by atoms with van der Waals surface area (Å²) in [6.07, 6.45) is 1.89. The second kappa shape index (κ2) is 8.18. The first kappa shape index (κ1) is 21.2. The maximum absolute atomic E-state index is 13.7. The van der Waals surface area contributed by atoms with E-state index in [9.17, 15) is 9.59 Å². The smallest absolute Gasteiger partial charge is 0.274 e. The van der Waals surface area contributed by atoms with Crippen LogP contribution in [0.3, 0.4) is 0 Å². The second-order valence-corrected chi connectivity index (χ2v) is 10.8. The average Bonchev–Trinajstić information content (AvgIpc) is 3.17. The Bertz CT molecular complexity index is 1430. The van der Waals surface area contributed by atoms with Crippen LogP contribution in [0.15, 0.2) is 48.5 Å². The zero-order chi connectivity index (χ0) is 23.4. The summed E-state index contributed by atoms with van der Waals surface area (Å²) in [5.74, 6) is 0.181. The molecule has 1 aliphatic heterocycles. The van der Waals surface area contributed by atoms with Crippen molar-refractivity contribution in [3.8, 4) is 10.4 Å². The van der Waals surface area contributed by atoms with Gasteiger partial charge in [0.05, 0.1) is 15.6 Å². The third-order valence-electron chi connectivity index (χ3n) is 6.66. The fourth-order valence-electron chi connectivity index (χ4n) is 4.99. The first-order chi connectivity index (χ1) is 16.5. The summed E-state index contributed by atoms with van der Waals surface area (Å²) >= 11 is 2.66. The number of carbonyl (C=O) groups excluding carboxylic acids is 2. The van der Waals surface area contributed by atoms with E-state index in [1.54, 1.807) is 0 Å². The first-order valence-electron chi connectivity index (χ1n) is 11.3. The van der Waals surface area contributed by atoms with Gasteiger partial charge < -0.3 is 16.0 Å². The van der Waals surface area contributed by atoms with Crippen LogP contribution in [0.1, 0.15) is 39.4 Å². The van der Waals surface area contributed by atoms with Gasteiger partial charge in [-0.15, -0.1) is 0 Å².